The van der Waals surface area contributed by atoms with Crippen molar-refractivity contribution >= 4 is 5.97 Å². The Kier molecular flexibility index (Phi) is 2.85. The molecule has 3 aliphatic carbocycles. The molecule has 0 N–H and O–H groups in total. The molecule has 0 aromatic rings. The van der Waals surface area contributed by atoms with Crippen molar-refractivity contribution in [1.82, 2.24) is 0 Å². The lowest BCUT2D eigenvalue weighted by atomic mass is 9.52. The molecule has 3 saturated carbocycles. The van der Waals surface area contributed by atoms with Crippen molar-refractivity contribution in [1.29, 1.82) is 0 Å². The van der Waals surface area contributed by atoms with E-state index in [-0.39, 0.29) is 12.1 Å². The van der Waals surface area contributed by atoms with E-state index in [1.165, 1.54) is 12.8 Å². The largest absolute Gasteiger partial charge is 0.466 e. The van der Waals surface area contributed by atoms with E-state index in [0.717, 1.165) is 31.0 Å². The van der Waals surface area contributed by atoms with E-state index in [2.05, 4.69) is 0 Å². The highest BCUT2D eigenvalue weighted by Crippen LogP contribution is 2.59. The number of hydrogen-bond donors (Lipinski definition) is 0. The highest BCUT2D eigenvalue weighted by atomic mass is 16.5. The molecule has 2 aliphatic heterocycles. The van der Waals surface area contributed by atoms with E-state index in [1.807, 2.05) is 6.92 Å². The standard InChI is InChI=1S/C15H22O4/c1-2-17-13(16)5-12-14-8-3-4-9-11(7-19-15(9)14)10(8)6-18-12/h8-12,14-15H,2-7H2,1H3/t8?,9?,10?,11?,12-,14?,15?/m1/s1. The predicted molar refractivity (Wildman–Crippen MR) is 67.4 cm³/mol. The third kappa shape index (κ3) is 1.69. The minimum Gasteiger partial charge on any atom is -0.466 e. The van der Waals surface area contributed by atoms with Gasteiger partial charge in [-0.2, -0.15) is 0 Å². The van der Waals surface area contributed by atoms with E-state index in [0.29, 0.717) is 31.0 Å². The molecule has 0 amide bonds. The van der Waals surface area contributed by atoms with Crippen LogP contribution in [0.15, 0.2) is 0 Å². The van der Waals surface area contributed by atoms with Crippen molar-refractivity contribution in [2.24, 2.45) is 29.6 Å². The number of rotatable bonds is 3. The third-order valence-corrected chi connectivity index (χ3v) is 5.87. The zero-order chi connectivity index (χ0) is 13.0. The van der Waals surface area contributed by atoms with Crippen LogP contribution in [0.4, 0.5) is 0 Å². The molecule has 0 aromatic heterocycles. The second kappa shape index (κ2) is 4.45. The van der Waals surface area contributed by atoms with E-state index in [9.17, 15) is 4.79 Å². The lowest BCUT2D eigenvalue weighted by Crippen LogP contribution is -2.59. The zero-order valence-corrected chi connectivity index (χ0v) is 11.4. The maximum atomic E-state index is 11.7. The van der Waals surface area contributed by atoms with Gasteiger partial charge in [0.25, 0.3) is 0 Å². The Morgan fingerprint density at radius 3 is 2.68 bits per heavy atom. The second-order valence-corrected chi connectivity index (χ2v) is 6.49. The molecule has 5 rings (SSSR count). The van der Waals surface area contributed by atoms with Gasteiger partial charge in [-0.15, -0.1) is 0 Å². The van der Waals surface area contributed by atoms with Crippen LogP contribution in [0.5, 0.6) is 0 Å². The van der Waals surface area contributed by atoms with Crippen LogP contribution in [0.1, 0.15) is 26.2 Å². The molecule has 19 heavy (non-hydrogen) atoms. The van der Waals surface area contributed by atoms with Crippen molar-refractivity contribution in [2.45, 2.75) is 38.4 Å². The first-order valence-electron chi connectivity index (χ1n) is 7.68. The number of fused-ring (bicyclic) bond motifs is 1. The normalized spacial score (nSPS) is 50.3. The van der Waals surface area contributed by atoms with Crippen molar-refractivity contribution in [3.63, 3.8) is 0 Å². The van der Waals surface area contributed by atoms with Crippen LogP contribution in [0, 0.1) is 29.6 Å². The van der Waals surface area contributed by atoms with Crippen molar-refractivity contribution in [2.75, 3.05) is 19.8 Å². The fourth-order valence-electron chi connectivity index (χ4n) is 5.23. The topological polar surface area (TPSA) is 44.8 Å². The SMILES string of the molecule is CCOC(=O)C[C@H]1OCC2C3COC4C3CCC2C41. The summed E-state index contributed by atoms with van der Waals surface area (Å²) in [6.07, 6.45) is 3.39. The third-order valence-electron chi connectivity index (χ3n) is 5.87. The fourth-order valence-corrected chi connectivity index (χ4v) is 5.23. The van der Waals surface area contributed by atoms with E-state index in [4.69, 9.17) is 14.2 Å². The van der Waals surface area contributed by atoms with E-state index < -0.39 is 0 Å². The smallest absolute Gasteiger partial charge is 0.308 e. The van der Waals surface area contributed by atoms with Gasteiger partial charge >= 0.3 is 5.97 Å². The van der Waals surface area contributed by atoms with Gasteiger partial charge in [0.1, 0.15) is 0 Å². The minimum absolute atomic E-state index is 0.0205. The lowest BCUT2D eigenvalue weighted by Gasteiger charge is -2.56. The molecule has 2 saturated heterocycles. The summed E-state index contributed by atoms with van der Waals surface area (Å²) >= 11 is 0. The highest BCUT2D eigenvalue weighted by Gasteiger charge is 2.62. The molecule has 6 unspecified atom stereocenters. The minimum atomic E-state index is -0.123. The van der Waals surface area contributed by atoms with Crippen LogP contribution >= 0.6 is 0 Å². The van der Waals surface area contributed by atoms with Gasteiger partial charge in [-0.3, -0.25) is 4.79 Å². The molecular formula is C15H22O4. The number of carbonyl (C=O) groups excluding carboxylic acids is 1. The first-order chi connectivity index (χ1) is 9.29. The Balaban J connectivity index is 1.55. The first kappa shape index (κ1) is 12.2. The molecule has 4 nitrogen and oxygen atoms in total. The summed E-state index contributed by atoms with van der Waals surface area (Å²) in [4.78, 5) is 11.7. The van der Waals surface area contributed by atoms with Gasteiger partial charge in [-0.05, 0) is 43.4 Å². The van der Waals surface area contributed by atoms with Gasteiger partial charge < -0.3 is 14.2 Å². The summed E-state index contributed by atoms with van der Waals surface area (Å²) in [5.41, 5.74) is 0. The van der Waals surface area contributed by atoms with Crippen LogP contribution < -0.4 is 0 Å². The maximum Gasteiger partial charge on any atom is 0.308 e. The molecule has 4 heteroatoms. The van der Waals surface area contributed by atoms with Gasteiger partial charge in [0.15, 0.2) is 0 Å². The highest BCUT2D eigenvalue weighted by molar-refractivity contribution is 5.70. The van der Waals surface area contributed by atoms with Gasteiger partial charge in [-0.25, -0.2) is 0 Å². The van der Waals surface area contributed by atoms with E-state index in [1.54, 1.807) is 0 Å². The van der Waals surface area contributed by atoms with Crippen LogP contribution in [-0.4, -0.2) is 38.0 Å². The molecule has 6 bridgehead atoms. The first-order valence-corrected chi connectivity index (χ1v) is 7.68. The fraction of sp³-hybridized carbons (Fsp3) is 0.933. The average Bonchev–Trinajstić information content (AvgIpc) is 2.81. The number of esters is 1. The summed E-state index contributed by atoms with van der Waals surface area (Å²) in [6.45, 7) is 4.04. The molecular weight excluding hydrogens is 244 g/mol. The van der Waals surface area contributed by atoms with Gasteiger partial charge in [0.05, 0.1) is 38.4 Å². The average molecular weight is 266 g/mol. The maximum absolute atomic E-state index is 11.7. The molecule has 0 spiro atoms. The van der Waals surface area contributed by atoms with Gasteiger partial charge in [0.2, 0.25) is 0 Å². The summed E-state index contributed by atoms with van der Waals surface area (Å²) < 4.78 is 17.2. The Hall–Kier alpha value is -0.610. The number of ether oxygens (including phenoxy) is 3. The number of carbonyl (C=O) groups is 1. The Morgan fingerprint density at radius 2 is 1.84 bits per heavy atom. The monoisotopic (exact) mass is 266 g/mol. The van der Waals surface area contributed by atoms with Gasteiger partial charge in [-0.1, -0.05) is 0 Å². The molecule has 7 atom stereocenters. The Bertz CT molecular complexity index is 382. The van der Waals surface area contributed by atoms with Crippen molar-refractivity contribution in [3.8, 4) is 0 Å². The second-order valence-electron chi connectivity index (χ2n) is 6.49. The molecule has 0 radical (unpaired) electrons. The summed E-state index contributed by atoms with van der Waals surface area (Å²) in [6, 6.07) is 0. The molecule has 5 fully saturated rings. The lowest BCUT2D eigenvalue weighted by molar-refractivity contribution is -0.192. The van der Waals surface area contributed by atoms with E-state index >= 15 is 0 Å². The molecule has 0 aromatic carbocycles. The van der Waals surface area contributed by atoms with Gasteiger partial charge in [0, 0.05) is 5.92 Å². The Labute approximate surface area is 113 Å². The van der Waals surface area contributed by atoms with Crippen molar-refractivity contribution < 1.29 is 19.0 Å². The molecule has 5 aliphatic rings. The van der Waals surface area contributed by atoms with Crippen LogP contribution in [-0.2, 0) is 19.0 Å². The van der Waals surface area contributed by atoms with Crippen LogP contribution in [0.2, 0.25) is 0 Å². The predicted octanol–water partition coefficient (Wildman–Crippen LogP) is 1.63. The van der Waals surface area contributed by atoms with Crippen LogP contribution in [0.3, 0.4) is 0 Å². The summed E-state index contributed by atoms with van der Waals surface area (Å²) in [5, 5.41) is 0. The summed E-state index contributed by atoms with van der Waals surface area (Å²) in [5.74, 6) is 3.16. The van der Waals surface area contributed by atoms with Crippen molar-refractivity contribution in [3.05, 3.63) is 0 Å². The quantitative estimate of drug-likeness (QED) is 0.728. The number of hydrogen-bond acceptors (Lipinski definition) is 4. The van der Waals surface area contributed by atoms with Crippen LogP contribution in [0.25, 0.3) is 0 Å². The Morgan fingerprint density at radius 1 is 1.11 bits per heavy atom. The molecule has 106 valence electrons. The molecule has 2 heterocycles. The zero-order valence-electron chi connectivity index (χ0n) is 11.4. The summed E-state index contributed by atoms with van der Waals surface area (Å²) in [7, 11) is 0.